The van der Waals surface area contributed by atoms with Gasteiger partial charge in [-0.05, 0) is 44.4 Å². The maximum atomic E-state index is 12.3. The van der Waals surface area contributed by atoms with Crippen LogP contribution in [0.3, 0.4) is 0 Å². The molecule has 0 radical (unpaired) electrons. The Bertz CT molecular complexity index is 280. The van der Waals surface area contributed by atoms with Crippen LogP contribution in [0.2, 0.25) is 0 Å². The van der Waals surface area contributed by atoms with Gasteiger partial charge < -0.3 is 16.2 Å². The molecule has 0 aromatic rings. The molecule has 0 bridgehead atoms. The van der Waals surface area contributed by atoms with Crippen LogP contribution < -0.4 is 11.1 Å². The number of rotatable bonds is 5. The molecule has 4 N–H and O–H groups in total. The second-order valence-corrected chi connectivity index (χ2v) is 5.94. The van der Waals surface area contributed by atoms with Crippen LogP contribution in [0.4, 0.5) is 0 Å². The molecule has 0 heterocycles. The van der Waals surface area contributed by atoms with Crippen molar-refractivity contribution in [3.05, 3.63) is 0 Å². The fourth-order valence-corrected chi connectivity index (χ4v) is 2.57. The minimum Gasteiger partial charge on any atom is -0.394 e. The lowest BCUT2D eigenvalue weighted by molar-refractivity contribution is -0.130. The molecule has 0 spiro atoms. The molecule has 0 aromatic carbocycles. The Balaban J connectivity index is 2.71. The Hall–Kier alpha value is -0.610. The Labute approximate surface area is 110 Å². The van der Waals surface area contributed by atoms with Crippen molar-refractivity contribution in [1.82, 2.24) is 5.32 Å². The Morgan fingerprint density at radius 1 is 1.39 bits per heavy atom. The monoisotopic (exact) mass is 256 g/mol. The van der Waals surface area contributed by atoms with Crippen LogP contribution in [0.1, 0.15) is 59.3 Å². The summed E-state index contributed by atoms with van der Waals surface area (Å²) in [6.45, 7) is 6.08. The van der Waals surface area contributed by atoms with Crippen molar-refractivity contribution in [2.24, 2.45) is 11.7 Å². The van der Waals surface area contributed by atoms with Gasteiger partial charge in [0.1, 0.15) is 0 Å². The Morgan fingerprint density at radius 2 is 1.89 bits per heavy atom. The van der Waals surface area contributed by atoms with Crippen LogP contribution in [-0.4, -0.2) is 28.7 Å². The molecule has 4 nitrogen and oxygen atoms in total. The van der Waals surface area contributed by atoms with Crippen molar-refractivity contribution in [3.63, 3.8) is 0 Å². The topological polar surface area (TPSA) is 75.4 Å². The van der Waals surface area contributed by atoms with Crippen molar-refractivity contribution in [1.29, 1.82) is 0 Å². The normalized spacial score (nSPS) is 29.1. The van der Waals surface area contributed by atoms with E-state index in [-0.39, 0.29) is 12.5 Å². The average molecular weight is 256 g/mol. The van der Waals surface area contributed by atoms with Gasteiger partial charge in [-0.2, -0.15) is 0 Å². The zero-order valence-electron chi connectivity index (χ0n) is 12.0. The highest BCUT2D eigenvalue weighted by Crippen LogP contribution is 2.32. The van der Waals surface area contributed by atoms with Crippen LogP contribution >= 0.6 is 0 Å². The highest BCUT2D eigenvalue weighted by molar-refractivity contribution is 5.86. The van der Waals surface area contributed by atoms with E-state index in [1.165, 1.54) is 0 Å². The zero-order valence-corrected chi connectivity index (χ0v) is 12.0. The predicted octanol–water partition coefficient (Wildman–Crippen LogP) is 1.56. The molecule has 0 aromatic heterocycles. The molecule has 1 aliphatic carbocycles. The summed E-state index contributed by atoms with van der Waals surface area (Å²) in [6, 6.07) is 0. The predicted molar refractivity (Wildman–Crippen MR) is 73.1 cm³/mol. The molecule has 0 unspecified atom stereocenters. The van der Waals surface area contributed by atoms with Crippen molar-refractivity contribution in [2.75, 3.05) is 6.61 Å². The first-order chi connectivity index (χ1) is 8.41. The first-order valence-electron chi connectivity index (χ1n) is 7.13. The number of amides is 1. The van der Waals surface area contributed by atoms with Crippen molar-refractivity contribution in [3.8, 4) is 0 Å². The molecule has 1 aliphatic rings. The molecular weight excluding hydrogens is 228 g/mol. The number of nitrogens with two attached hydrogens (primary N) is 1. The second kappa shape index (κ2) is 6.02. The molecule has 4 heteroatoms. The molecule has 1 amide bonds. The average Bonchev–Trinajstić information content (AvgIpc) is 2.40. The van der Waals surface area contributed by atoms with Crippen LogP contribution in [0.5, 0.6) is 0 Å². The summed E-state index contributed by atoms with van der Waals surface area (Å²) in [4.78, 5) is 12.3. The lowest BCUT2D eigenvalue weighted by Crippen LogP contribution is -2.62. The summed E-state index contributed by atoms with van der Waals surface area (Å²) >= 11 is 0. The van der Waals surface area contributed by atoms with Gasteiger partial charge in [0.2, 0.25) is 5.91 Å². The summed E-state index contributed by atoms with van der Waals surface area (Å²) < 4.78 is 0. The number of nitrogens with one attached hydrogen (secondary N) is 1. The van der Waals surface area contributed by atoms with E-state index in [4.69, 9.17) is 5.73 Å². The number of carbonyl (C=O) groups excluding carboxylic acids is 1. The van der Waals surface area contributed by atoms with Gasteiger partial charge in [-0.25, -0.2) is 0 Å². The van der Waals surface area contributed by atoms with Gasteiger partial charge in [0.15, 0.2) is 0 Å². The van der Waals surface area contributed by atoms with E-state index in [1.54, 1.807) is 0 Å². The Kier molecular flexibility index (Phi) is 5.17. The van der Waals surface area contributed by atoms with Crippen molar-refractivity contribution < 1.29 is 9.90 Å². The summed E-state index contributed by atoms with van der Waals surface area (Å²) in [5.74, 6) is 0.567. The van der Waals surface area contributed by atoms with E-state index in [0.717, 1.165) is 25.7 Å². The fraction of sp³-hybridized carbons (Fsp3) is 0.929. The maximum Gasteiger partial charge on any atom is 0.240 e. The highest BCUT2D eigenvalue weighted by Gasteiger charge is 2.39. The SMILES string of the molecule is CCC(N)(CC)C(=O)NC1(CO)CCC(C)CC1. The molecular formula is C14H28N2O2. The minimum absolute atomic E-state index is 0.00890. The van der Waals surface area contributed by atoms with E-state index in [9.17, 15) is 9.90 Å². The van der Waals surface area contributed by atoms with Crippen LogP contribution in [-0.2, 0) is 4.79 Å². The third-order valence-corrected chi connectivity index (χ3v) is 4.63. The minimum atomic E-state index is -0.800. The first kappa shape index (κ1) is 15.4. The number of aliphatic hydroxyl groups is 1. The molecule has 18 heavy (non-hydrogen) atoms. The third-order valence-electron chi connectivity index (χ3n) is 4.63. The molecule has 0 saturated heterocycles. The number of aliphatic hydroxyl groups excluding tert-OH is 1. The number of hydrogen-bond donors (Lipinski definition) is 3. The molecule has 0 aliphatic heterocycles. The molecule has 106 valence electrons. The standard InChI is InChI=1S/C14H28N2O2/c1-4-14(15,5-2)12(18)16-13(10-17)8-6-11(3)7-9-13/h11,17H,4-10,15H2,1-3H3,(H,16,18). The smallest absolute Gasteiger partial charge is 0.240 e. The van der Waals surface area contributed by atoms with Crippen LogP contribution in [0.15, 0.2) is 0 Å². The first-order valence-corrected chi connectivity index (χ1v) is 7.13. The molecule has 1 rings (SSSR count). The van der Waals surface area contributed by atoms with E-state index < -0.39 is 11.1 Å². The van der Waals surface area contributed by atoms with Gasteiger partial charge >= 0.3 is 0 Å². The number of hydrogen-bond acceptors (Lipinski definition) is 3. The highest BCUT2D eigenvalue weighted by atomic mass is 16.3. The fourth-order valence-electron chi connectivity index (χ4n) is 2.57. The molecule has 1 fully saturated rings. The largest absolute Gasteiger partial charge is 0.394 e. The zero-order chi connectivity index (χ0) is 13.8. The van der Waals surface area contributed by atoms with E-state index in [2.05, 4.69) is 12.2 Å². The summed E-state index contributed by atoms with van der Waals surface area (Å²) in [6.07, 6.45) is 5.04. The van der Waals surface area contributed by atoms with Gasteiger partial charge in [-0.15, -0.1) is 0 Å². The van der Waals surface area contributed by atoms with E-state index >= 15 is 0 Å². The van der Waals surface area contributed by atoms with Crippen LogP contribution in [0, 0.1) is 5.92 Å². The van der Waals surface area contributed by atoms with Gasteiger partial charge in [0.25, 0.3) is 0 Å². The summed E-state index contributed by atoms with van der Waals surface area (Å²) in [7, 11) is 0. The van der Waals surface area contributed by atoms with E-state index in [1.807, 2.05) is 13.8 Å². The summed E-state index contributed by atoms with van der Waals surface area (Å²) in [5, 5.41) is 12.7. The van der Waals surface area contributed by atoms with Crippen molar-refractivity contribution >= 4 is 5.91 Å². The lowest BCUT2D eigenvalue weighted by atomic mass is 9.77. The maximum absolute atomic E-state index is 12.3. The lowest BCUT2D eigenvalue weighted by Gasteiger charge is -2.41. The second-order valence-electron chi connectivity index (χ2n) is 5.94. The van der Waals surface area contributed by atoms with Gasteiger partial charge in [-0.3, -0.25) is 4.79 Å². The van der Waals surface area contributed by atoms with Gasteiger partial charge in [0.05, 0.1) is 17.7 Å². The van der Waals surface area contributed by atoms with Crippen molar-refractivity contribution in [2.45, 2.75) is 70.4 Å². The van der Waals surface area contributed by atoms with E-state index in [0.29, 0.717) is 18.8 Å². The quantitative estimate of drug-likeness (QED) is 0.699. The summed E-state index contributed by atoms with van der Waals surface area (Å²) in [5.41, 5.74) is 4.86. The Morgan fingerprint density at radius 3 is 2.28 bits per heavy atom. The number of carbonyl (C=O) groups is 1. The van der Waals surface area contributed by atoms with Gasteiger partial charge in [-0.1, -0.05) is 20.8 Å². The molecule has 0 atom stereocenters. The van der Waals surface area contributed by atoms with Gasteiger partial charge in [0, 0.05) is 0 Å². The third kappa shape index (κ3) is 3.23. The van der Waals surface area contributed by atoms with Crippen LogP contribution in [0.25, 0.3) is 0 Å². The molecule has 1 saturated carbocycles.